The van der Waals surface area contributed by atoms with E-state index in [0.29, 0.717) is 40.0 Å². The lowest BCUT2D eigenvalue weighted by molar-refractivity contribution is 0.0981. The molecule has 0 unspecified atom stereocenters. The number of hydrogen-bond acceptors (Lipinski definition) is 6. The number of alkyl halides is 2. The van der Waals surface area contributed by atoms with Crippen LogP contribution >= 0.6 is 0 Å². The third kappa shape index (κ3) is 3.45. The van der Waals surface area contributed by atoms with Gasteiger partial charge in [0.2, 0.25) is 0 Å². The molecule has 168 valence electrons. The summed E-state index contributed by atoms with van der Waals surface area (Å²) < 4.78 is 37.1. The number of rotatable bonds is 6. The van der Waals surface area contributed by atoms with Crippen LogP contribution in [0.1, 0.15) is 35.5 Å². The molecule has 0 N–H and O–H groups in total. The Morgan fingerprint density at radius 1 is 1.12 bits per heavy atom. The first-order chi connectivity index (χ1) is 15.2. The van der Waals surface area contributed by atoms with E-state index >= 15 is 0 Å². The first kappa shape index (κ1) is 21.7. The van der Waals surface area contributed by atoms with Gasteiger partial charge in [0.15, 0.2) is 5.75 Å². The molecule has 0 aliphatic carbocycles. The number of fused-ring (bicyclic) bond motifs is 1. The molecule has 4 heterocycles. The van der Waals surface area contributed by atoms with E-state index in [4.69, 9.17) is 14.5 Å². The van der Waals surface area contributed by atoms with Crippen LogP contribution in [-0.4, -0.2) is 46.3 Å². The van der Waals surface area contributed by atoms with E-state index in [1.807, 2.05) is 20.8 Å². The second kappa shape index (κ2) is 7.85. The first-order valence-corrected chi connectivity index (χ1v) is 9.94. The van der Waals surface area contributed by atoms with Crippen LogP contribution in [0.25, 0.3) is 11.4 Å². The highest BCUT2D eigenvalue weighted by molar-refractivity contribution is 6.12. The molecule has 8 nitrogen and oxygen atoms in total. The Morgan fingerprint density at radius 2 is 1.88 bits per heavy atom. The lowest BCUT2D eigenvalue weighted by Crippen LogP contribution is -2.39. The van der Waals surface area contributed by atoms with Gasteiger partial charge in [-0.3, -0.25) is 14.4 Å². The molecule has 3 aromatic heterocycles. The summed E-state index contributed by atoms with van der Waals surface area (Å²) in [7, 11) is 3.03. The van der Waals surface area contributed by atoms with Crippen molar-refractivity contribution in [2.24, 2.45) is 0 Å². The van der Waals surface area contributed by atoms with Gasteiger partial charge in [0.25, 0.3) is 18.2 Å². The van der Waals surface area contributed by atoms with Crippen LogP contribution in [0.2, 0.25) is 0 Å². The van der Waals surface area contributed by atoms with Crippen molar-refractivity contribution in [1.82, 2.24) is 19.7 Å². The average molecular weight is 443 g/mol. The quantitative estimate of drug-likeness (QED) is 0.576. The monoisotopic (exact) mass is 443 g/mol. The Bertz CT molecular complexity index is 1190. The molecule has 10 heteroatoms. The zero-order valence-electron chi connectivity index (χ0n) is 18.4. The minimum absolute atomic E-state index is 0.251. The van der Waals surface area contributed by atoms with Crippen molar-refractivity contribution >= 4 is 11.6 Å². The summed E-state index contributed by atoms with van der Waals surface area (Å²) in [6, 6.07) is 5.31. The number of aromatic nitrogens is 4. The van der Waals surface area contributed by atoms with E-state index < -0.39 is 18.5 Å². The number of carbonyl (C=O) groups is 1. The van der Waals surface area contributed by atoms with E-state index in [-0.39, 0.29) is 5.91 Å². The number of ether oxygens (including phenoxy) is 2. The molecule has 0 radical (unpaired) electrons. The largest absolute Gasteiger partial charge is 0.491 e. The van der Waals surface area contributed by atoms with Crippen LogP contribution in [0.4, 0.5) is 14.5 Å². The van der Waals surface area contributed by atoms with Crippen LogP contribution in [0.5, 0.6) is 11.6 Å². The van der Waals surface area contributed by atoms with Crippen LogP contribution in [0, 0.1) is 6.92 Å². The highest BCUT2D eigenvalue weighted by Gasteiger charge is 2.47. The molecule has 0 fully saturated rings. The van der Waals surface area contributed by atoms with Gasteiger partial charge in [0.05, 0.1) is 54.3 Å². The van der Waals surface area contributed by atoms with Crippen molar-refractivity contribution in [1.29, 1.82) is 0 Å². The van der Waals surface area contributed by atoms with Crippen LogP contribution in [-0.2, 0) is 12.1 Å². The Balaban J connectivity index is 1.78. The van der Waals surface area contributed by atoms with E-state index in [9.17, 15) is 13.6 Å². The van der Waals surface area contributed by atoms with Gasteiger partial charge in [-0.2, -0.15) is 5.10 Å². The molecular formula is C22H23F2N5O3. The molecule has 0 saturated heterocycles. The fourth-order valence-electron chi connectivity index (χ4n) is 4.01. The van der Waals surface area contributed by atoms with Crippen molar-refractivity contribution in [3.05, 3.63) is 47.4 Å². The predicted octanol–water partition coefficient (Wildman–Crippen LogP) is 3.83. The SMILES string of the molecule is COc1ccc(-c2cc(C)c3c(n2)C(C)(C)N(c2cnn(CC(F)F)c2)C3=O)nc1OC. The lowest BCUT2D eigenvalue weighted by Gasteiger charge is -2.30. The summed E-state index contributed by atoms with van der Waals surface area (Å²) in [5.41, 5.74) is 2.56. The number of anilines is 1. The minimum Gasteiger partial charge on any atom is -0.491 e. The van der Waals surface area contributed by atoms with Gasteiger partial charge in [-0.1, -0.05) is 0 Å². The second-order valence-electron chi connectivity index (χ2n) is 7.97. The van der Waals surface area contributed by atoms with Crippen molar-refractivity contribution in [2.75, 3.05) is 19.1 Å². The Morgan fingerprint density at radius 3 is 2.53 bits per heavy atom. The maximum atomic E-state index is 13.3. The summed E-state index contributed by atoms with van der Waals surface area (Å²) in [6.45, 7) is 5.02. The molecular weight excluding hydrogens is 420 g/mol. The molecule has 0 aromatic carbocycles. The maximum absolute atomic E-state index is 13.3. The molecule has 0 bridgehead atoms. The molecule has 0 spiro atoms. The molecule has 1 aliphatic heterocycles. The molecule has 32 heavy (non-hydrogen) atoms. The van der Waals surface area contributed by atoms with Gasteiger partial charge in [-0.25, -0.2) is 18.7 Å². The molecule has 0 atom stereocenters. The Kier molecular flexibility index (Phi) is 5.31. The summed E-state index contributed by atoms with van der Waals surface area (Å²) in [4.78, 5) is 24.1. The van der Waals surface area contributed by atoms with E-state index in [1.165, 1.54) is 26.6 Å². The number of methoxy groups -OCH3 is 2. The smallest absolute Gasteiger partial charge is 0.261 e. The summed E-state index contributed by atoms with van der Waals surface area (Å²) in [5, 5.41) is 3.97. The molecule has 3 aromatic rings. The number of hydrogen-bond donors (Lipinski definition) is 0. The second-order valence-corrected chi connectivity index (χ2v) is 7.97. The van der Waals surface area contributed by atoms with Gasteiger partial charge in [0, 0.05) is 6.20 Å². The normalized spacial score (nSPS) is 14.8. The summed E-state index contributed by atoms with van der Waals surface area (Å²) >= 11 is 0. The fraction of sp³-hybridized carbons (Fsp3) is 0.364. The van der Waals surface area contributed by atoms with Gasteiger partial charge < -0.3 is 9.47 Å². The highest BCUT2D eigenvalue weighted by Crippen LogP contribution is 2.43. The van der Waals surface area contributed by atoms with E-state index in [2.05, 4.69) is 10.1 Å². The molecule has 0 saturated carbocycles. The van der Waals surface area contributed by atoms with E-state index in [1.54, 1.807) is 23.1 Å². The minimum atomic E-state index is -2.54. The topological polar surface area (TPSA) is 82.4 Å². The van der Waals surface area contributed by atoms with Crippen molar-refractivity contribution in [2.45, 2.75) is 39.3 Å². The number of pyridine rings is 2. The van der Waals surface area contributed by atoms with Crippen LogP contribution in [0.3, 0.4) is 0 Å². The fourth-order valence-corrected chi connectivity index (χ4v) is 4.01. The number of halogens is 2. The predicted molar refractivity (Wildman–Crippen MR) is 113 cm³/mol. The standard InChI is InChI=1S/C22H23F2N5O3/c1-12-8-15(14-6-7-16(31-4)20(27-14)32-5)26-19-18(12)21(30)29(22(19,2)3)13-9-25-28(10-13)11-17(23)24/h6-10,17H,11H2,1-5H3. The summed E-state index contributed by atoms with van der Waals surface area (Å²) in [6.07, 6.45) is 0.326. The molecule has 4 rings (SSSR count). The Labute approximate surface area is 183 Å². The van der Waals surface area contributed by atoms with Crippen LogP contribution < -0.4 is 14.4 Å². The average Bonchev–Trinajstić information content (AvgIpc) is 3.26. The first-order valence-electron chi connectivity index (χ1n) is 9.94. The lowest BCUT2D eigenvalue weighted by atomic mass is 9.96. The number of carbonyl (C=O) groups excluding carboxylic acids is 1. The zero-order valence-corrected chi connectivity index (χ0v) is 18.4. The maximum Gasteiger partial charge on any atom is 0.261 e. The third-order valence-electron chi connectivity index (χ3n) is 5.48. The number of nitrogens with zero attached hydrogens (tertiary/aromatic N) is 5. The van der Waals surface area contributed by atoms with Gasteiger partial charge in [0.1, 0.15) is 6.54 Å². The van der Waals surface area contributed by atoms with Crippen LogP contribution in [0.15, 0.2) is 30.6 Å². The van der Waals surface area contributed by atoms with E-state index in [0.717, 1.165) is 10.2 Å². The van der Waals surface area contributed by atoms with Crippen molar-refractivity contribution in [3.63, 3.8) is 0 Å². The van der Waals surface area contributed by atoms with Gasteiger partial charge in [-0.05, 0) is 44.5 Å². The molecule has 1 aliphatic rings. The zero-order chi connectivity index (χ0) is 23.2. The Hall–Kier alpha value is -3.56. The highest BCUT2D eigenvalue weighted by atomic mass is 19.3. The summed E-state index contributed by atoms with van der Waals surface area (Å²) in [5.74, 6) is 0.573. The van der Waals surface area contributed by atoms with Crippen molar-refractivity contribution in [3.8, 4) is 23.0 Å². The van der Waals surface area contributed by atoms with Crippen molar-refractivity contribution < 1.29 is 23.0 Å². The van der Waals surface area contributed by atoms with Gasteiger partial charge in [-0.15, -0.1) is 0 Å². The molecule has 1 amide bonds. The number of aryl methyl sites for hydroxylation is 1. The number of amides is 1. The third-order valence-corrected chi connectivity index (χ3v) is 5.48. The van der Waals surface area contributed by atoms with Gasteiger partial charge >= 0.3 is 0 Å².